The second-order valence-electron chi connectivity index (χ2n) is 26.8. The van der Waals surface area contributed by atoms with Crippen molar-refractivity contribution in [2.75, 3.05) is 0 Å². The zero-order valence-corrected chi connectivity index (χ0v) is 45.0. The van der Waals surface area contributed by atoms with Crippen LogP contribution in [0.4, 0.5) is 0 Å². The third-order valence-corrected chi connectivity index (χ3v) is 23.7. The van der Waals surface area contributed by atoms with Crippen LogP contribution >= 0.6 is 0 Å². The molecule has 1 spiro atoms. The van der Waals surface area contributed by atoms with Crippen LogP contribution in [-0.4, -0.2) is 12.1 Å². The first-order valence-electron chi connectivity index (χ1n) is 29.6. The molecule has 2 fully saturated rings. The highest BCUT2D eigenvalue weighted by atomic mass is 16.5. The molecule has 9 atom stereocenters. The molecule has 0 heterocycles. The number of allylic oxidation sites excluding steroid dienone is 2. The second-order valence-corrected chi connectivity index (χ2v) is 26.8. The Hall–Kier alpha value is -6.77. The van der Waals surface area contributed by atoms with Crippen molar-refractivity contribution in [3.63, 3.8) is 0 Å². The number of esters is 1. The van der Waals surface area contributed by atoms with Gasteiger partial charge in [-0.1, -0.05) is 114 Å². The molecule has 12 aromatic carbocycles. The summed E-state index contributed by atoms with van der Waals surface area (Å²) in [7, 11) is 0. The SMILES string of the molecule is CCC(C)CC(C)c1ccc2ccccc2c1-c1c(C)cc(C2(C(C)CCC(=O)OC(C)CC)C34C=C5Cc6cc7c8c9c6c5c5c6c%10c%11c%12c%13c(cc%14cc%15cc(c%16c%15c(c%14%12)c%11c(c%168)c69)C7)=CC(C3)C%13C=%10C542)cc1C. The molecule has 0 saturated heterocycles. The molecule has 20 rings (SSSR count). The quantitative estimate of drug-likeness (QED) is 0.0901. The minimum Gasteiger partial charge on any atom is -0.463 e. The molecule has 2 saturated carbocycles. The molecule has 0 radical (unpaired) electrons. The lowest BCUT2D eigenvalue weighted by atomic mass is 9.60. The van der Waals surface area contributed by atoms with Crippen LogP contribution in [0.3, 0.4) is 0 Å². The van der Waals surface area contributed by atoms with Crippen LogP contribution < -0.4 is 10.4 Å². The van der Waals surface area contributed by atoms with Crippen molar-refractivity contribution < 1.29 is 9.53 Å². The standard InChI is InChI=1S/C74H60O2/c1-9-31(3)19-32(4)47-17-16-37-13-11-12-14-48(37)59(47)50-33(5)20-46(21-34(50)6)73(35(7)15-18-49(75)76-36(8)10-2)72-29-44-27-42-25-40-23-38-22-39-24-41-26-43-28-45(30-72)58-54(43)63-56(41)61-52(39)51(38)60-55(40)62-53(42)57(44)70-68-66(62)64(60)65(61)67(63)69(68)71(58)74(70,72)73/h11-14,16-17,20-23,25-27,30-32,35-36,44,57H,9-10,15,18-19,24,28-29H2,1-8H3. The largest absolute Gasteiger partial charge is 0.463 e. The van der Waals surface area contributed by atoms with Crippen LogP contribution in [-0.2, 0) is 33.2 Å². The fourth-order valence-corrected chi connectivity index (χ4v) is 21.5. The van der Waals surface area contributed by atoms with Crippen molar-refractivity contribution in [2.45, 2.75) is 136 Å². The first-order chi connectivity index (χ1) is 37.0. The van der Waals surface area contributed by atoms with Crippen molar-refractivity contribution in [3.8, 4) is 11.1 Å². The van der Waals surface area contributed by atoms with Crippen molar-refractivity contribution in [2.24, 2.45) is 23.2 Å². The Kier molecular flexibility index (Phi) is 6.80. The maximum atomic E-state index is 14.2. The van der Waals surface area contributed by atoms with Crippen LogP contribution in [0.15, 0.2) is 78.9 Å². The number of fused-ring (bicyclic) bond motifs is 1. The second kappa shape index (κ2) is 12.5. The minimum atomic E-state index is -0.300. The van der Waals surface area contributed by atoms with E-state index >= 15 is 0 Å². The molecule has 12 aromatic rings. The van der Waals surface area contributed by atoms with E-state index in [2.05, 4.69) is 140 Å². The summed E-state index contributed by atoms with van der Waals surface area (Å²) in [6, 6.07) is 30.0. The van der Waals surface area contributed by atoms with Gasteiger partial charge in [-0.15, -0.1) is 0 Å². The van der Waals surface area contributed by atoms with E-state index in [0.717, 1.165) is 32.1 Å². The predicted octanol–water partition coefficient (Wildman–Crippen LogP) is 16.9. The van der Waals surface area contributed by atoms with E-state index in [1.54, 1.807) is 125 Å². The monoisotopic (exact) mass is 980 g/mol. The first kappa shape index (κ1) is 41.4. The molecule has 8 aliphatic rings. The molecule has 8 aliphatic carbocycles. The minimum absolute atomic E-state index is 0.0405. The molecule has 2 nitrogen and oxygen atoms in total. The smallest absolute Gasteiger partial charge is 0.306 e. The molecule has 76 heavy (non-hydrogen) atoms. The number of aryl methyl sites for hydroxylation is 2. The predicted molar refractivity (Wildman–Crippen MR) is 316 cm³/mol. The molecule has 0 amide bonds. The summed E-state index contributed by atoms with van der Waals surface area (Å²) in [6.07, 6.45) is 13.3. The van der Waals surface area contributed by atoms with E-state index in [1.165, 1.54) is 73.0 Å². The summed E-state index contributed by atoms with van der Waals surface area (Å²) in [4.78, 5) is 14.2. The summed E-state index contributed by atoms with van der Waals surface area (Å²) in [5, 5.41) is 31.1. The van der Waals surface area contributed by atoms with Gasteiger partial charge in [0.1, 0.15) is 0 Å². The first-order valence-corrected chi connectivity index (χ1v) is 29.6. The van der Waals surface area contributed by atoms with Crippen molar-refractivity contribution in [1.29, 1.82) is 0 Å². The Balaban J connectivity index is 0.945. The Morgan fingerprint density at radius 2 is 1.38 bits per heavy atom. The van der Waals surface area contributed by atoms with Crippen LogP contribution in [0.2, 0.25) is 0 Å². The number of ether oxygens (including phenoxy) is 1. The highest BCUT2D eigenvalue weighted by Gasteiger charge is 2.93. The zero-order valence-electron chi connectivity index (χ0n) is 45.0. The molecule has 0 aliphatic heterocycles. The lowest BCUT2D eigenvalue weighted by molar-refractivity contribution is -0.148. The van der Waals surface area contributed by atoms with Gasteiger partial charge in [0.25, 0.3) is 0 Å². The van der Waals surface area contributed by atoms with Crippen molar-refractivity contribution in [1.82, 2.24) is 0 Å². The highest BCUT2D eigenvalue weighted by molar-refractivity contribution is 6.57. The van der Waals surface area contributed by atoms with E-state index in [9.17, 15) is 4.79 Å². The maximum Gasteiger partial charge on any atom is 0.306 e. The van der Waals surface area contributed by atoms with Gasteiger partial charge in [0.15, 0.2) is 0 Å². The molecule has 0 bridgehead atoms. The number of carbonyl (C=O) groups excluding carboxylic acids is 1. The summed E-state index contributed by atoms with van der Waals surface area (Å²) >= 11 is 0. The third kappa shape index (κ3) is 3.84. The lowest BCUT2D eigenvalue weighted by Gasteiger charge is -2.41. The third-order valence-electron chi connectivity index (χ3n) is 23.7. The Labute approximate surface area is 442 Å². The van der Waals surface area contributed by atoms with Gasteiger partial charge in [-0.2, -0.15) is 0 Å². The van der Waals surface area contributed by atoms with Gasteiger partial charge in [-0.05, 0) is 280 Å². The van der Waals surface area contributed by atoms with Gasteiger partial charge in [0, 0.05) is 28.6 Å². The topological polar surface area (TPSA) is 26.3 Å². The van der Waals surface area contributed by atoms with E-state index in [1.807, 2.05) is 0 Å². The van der Waals surface area contributed by atoms with E-state index in [4.69, 9.17) is 4.74 Å². The normalized spacial score (nSPS) is 25.9. The number of carbonyl (C=O) groups is 1. The molecular weight excluding hydrogens is 921 g/mol. The van der Waals surface area contributed by atoms with Crippen LogP contribution in [0.1, 0.15) is 148 Å². The number of benzene rings is 9. The Morgan fingerprint density at radius 3 is 2.21 bits per heavy atom. The average Bonchev–Trinajstić information content (AvgIpc) is 4.11. The molecule has 0 aromatic heterocycles. The highest BCUT2D eigenvalue weighted by Crippen LogP contribution is 2.94. The van der Waals surface area contributed by atoms with Gasteiger partial charge in [-0.25, -0.2) is 0 Å². The van der Waals surface area contributed by atoms with E-state index < -0.39 is 0 Å². The van der Waals surface area contributed by atoms with Crippen LogP contribution in [0.25, 0.3) is 125 Å². The summed E-state index contributed by atoms with van der Waals surface area (Å²) in [5.74, 6) is 1.96. The van der Waals surface area contributed by atoms with Crippen LogP contribution in [0, 0.1) is 37.0 Å². The molecular formula is C74H60O2. The maximum absolute atomic E-state index is 14.2. The molecule has 2 heteroatoms. The zero-order chi connectivity index (χ0) is 50.4. The molecule has 368 valence electrons. The summed E-state index contributed by atoms with van der Waals surface area (Å²) in [6.45, 7) is 18.9. The van der Waals surface area contributed by atoms with E-state index in [0.29, 0.717) is 30.1 Å². The molecule has 9 unspecified atom stereocenters. The number of hydrogen-bond acceptors (Lipinski definition) is 2. The van der Waals surface area contributed by atoms with Gasteiger partial charge >= 0.3 is 5.97 Å². The Bertz CT molecular complexity index is 5000. The Morgan fingerprint density at radius 1 is 0.671 bits per heavy atom. The summed E-state index contributed by atoms with van der Waals surface area (Å²) in [5.41, 5.74) is 20.9. The van der Waals surface area contributed by atoms with Gasteiger partial charge < -0.3 is 4.74 Å². The van der Waals surface area contributed by atoms with E-state index in [-0.39, 0.29) is 34.2 Å². The van der Waals surface area contributed by atoms with Gasteiger partial charge in [0.2, 0.25) is 0 Å². The fraction of sp³-hybridized carbons (Fsp3) is 0.338. The van der Waals surface area contributed by atoms with Crippen molar-refractivity contribution >= 4 is 120 Å². The lowest BCUT2D eigenvalue weighted by Crippen LogP contribution is -2.36. The molecule has 0 N–H and O–H groups in total. The summed E-state index contributed by atoms with van der Waals surface area (Å²) < 4.78 is 6.17. The van der Waals surface area contributed by atoms with Gasteiger partial charge in [-0.3, -0.25) is 4.79 Å². The fourth-order valence-electron chi connectivity index (χ4n) is 21.5. The van der Waals surface area contributed by atoms with Gasteiger partial charge in [0.05, 0.1) is 6.10 Å². The van der Waals surface area contributed by atoms with Crippen LogP contribution in [0.5, 0.6) is 0 Å². The average molecular weight is 981 g/mol. The van der Waals surface area contributed by atoms with Crippen molar-refractivity contribution in [3.05, 3.63) is 145 Å². The number of rotatable bonds is 12. The number of hydrogen-bond donors (Lipinski definition) is 0.